The average Bonchev–Trinajstić information content (AvgIpc) is 2.66. The summed E-state index contributed by atoms with van der Waals surface area (Å²) in [7, 11) is 0. The van der Waals surface area contributed by atoms with Gasteiger partial charge in [-0.2, -0.15) is 0 Å². The predicted molar refractivity (Wildman–Crippen MR) is 103 cm³/mol. The first-order valence-electron chi connectivity index (χ1n) is 8.91. The number of nitrogens with one attached hydrogen (secondary N) is 1. The van der Waals surface area contributed by atoms with Crippen molar-refractivity contribution in [2.75, 3.05) is 25.1 Å². The fraction of sp³-hybridized carbons (Fsp3) is 0.333. The first-order chi connectivity index (χ1) is 13.0. The van der Waals surface area contributed by atoms with Gasteiger partial charge in [-0.15, -0.1) is 0 Å². The van der Waals surface area contributed by atoms with Crippen LogP contribution >= 0.6 is 0 Å². The molecule has 2 aromatic rings. The molecule has 0 bridgehead atoms. The highest BCUT2D eigenvalue weighted by Crippen LogP contribution is 2.23. The second-order valence-corrected chi connectivity index (χ2v) is 6.28. The van der Waals surface area contributed by atoms with Crippen molar-refractivity contribution in [3.8, 4) is 11.5 Å². The van der Waals surface area contributed by atoms with Crippen LogP contribution in [0.1, 0.15) is 31.1 Å². The molecule has 6 heteroatoms. The zero-order valence-corrected chi connectivity index (χ0v) is 15.9. The van der Waals surface area contributed by atoms with Crippen LogP contribution in [0.15, 0.2) is 48.5 Å². The molecule has 0 radical (unpaired) electrons. The summed E-state index contributed by atoms with van der Waals surface area (Å²) in [6.45, 7) is 6.68. The van der Waals surface area contributed by atoms with Gasteiger partial charge < -0.3 is 19.5 Å². The quantitative estimate of drug-likeness (QED) is 0.677. The summed E-state index contributed by atoms with van der Waals surface area (Å²) in [5.41, 5.74) is 0.890. The van der Waals surface area contributed by atoms with Crippen LogP contribution in [0.3, 0.4) is 0 Å². The number of anilines is 1. The molecule has 0 aliphatic heterocycles. The molecular formula is C21H25NO5. The second-order valence-electron chi connectivity index (χ2n) is 6.28. The first-order valence-corrected chi connectivity index (χ1v) is 8.91. The molecule has 0 spiro atoms. The van der Waals surface area contributed by atoms with E-state index in [-0.39, 0.29) is 6.61 Å². The molecule has 0 aromatic heterocycles. The normalized spacial score (nSPS) is 10.4. The minimum atomic E-state index is -0.571. The second kappa shape index (κ2) is 10.2. The Bertz CT molecular complexity index is 755. The lowest BCUT2D eigenvalue weighted by molar-refractivity contribution is -0.119. The lowest BCUT2D eigenvalue weighted by Gasteiger charge is -2.11. The van der Waals surface area contributed by atoms with Crippen LogP contribution in [0.25, 0.3) is 0 Å². The minimum Gasteiger partial charge on any atom is -0.493 e. The van der Waals surface area contributed by atoms with Crippen LogP contribution in [-0.2, 0) is 9.53 Å². The van der Waals surface area contributed by atoms with E-state index in [0.29, 0.717) is 41.9 Å². The molecule has 0 fully saturated rings. The topological polar surface area (TPSA) is 73.9 Å². The molecule has 0 saturated heterocycles. The number of benzene rings is 2. The van der Waals surface area contributed by atoms with E-state index in [0.717, 1.165) is 0 Å². The molecule has 0 atom stereocenters. The summed E-state index contributed by atoms with van der Waals surface area (Å²) in [5.74, 6) is 0.661. The summed E-state index contributed by atoms with van der Waals surface area (Å²) < 4.78 is 16.1. The van der Waals surface area contributed by atoms with Gasteiger partial charge in [0.15, 0.2) is 6.61 Å². The van der Waals surface area contributed by atoms with Crippen molar-refractivity contribution in [1.29, 1.82) is 0 Å². The van der Waals surface area contributed by atoms with Gasteiger partial charge in [-0.3, -0.25) is 4.79 Å². The van der Waals surface area contributed by atoms with Gasteiger partial charge in [0.1, 0.15) is 11.5 Å². The highest BCUT2D eigenvalue weighted by atomic mass is 16.5. The zero-order valence-electron chi connectivity index (χ0n) is 15.9. The molecule has 0 aliphatic carbocycles. The van der Waals surface area contributed by atoms with Crippen LogP contribution in [0.5, 0.6) is 11.5 Å². The van der Waals surface area contributed by atoms with E-state index in [4.69, 9.17) is 14.2 Å². The number of carbonyl (C=O) groups is 2. The molecule has 144 valence electrons. The average molecular weight is 371 g/mol. The third kappa shape index (κ3) is 6.66. The van der Waals surface area contributed by atoms with Gasteiger partial charge in [0.25, 0.3) is 5.91 Å². The number of hydrogen-bond acceptors (Lipinski definition) is 5. The minimum absolute atomic E-state index is 0.356. The molecule has 1 amide bonds. The van der Waals surface area contributed by atoms with Crippen LogP contribution in [-0.4, -0.2) is 31.7 Å². The maximum Gasteiger partial charge on any atom is 0.338 e. The highest BCUT2D eigenvalue weighted by Gasteiger charge is 2.12. The number of hydrogen-bond donors (Lipinski definition) is 1. The Hall–Kier alpha value is -3.02. The van der Waals surface area contributed by atoms with Crippen molar-refractivity contribution >= 4 is 17.6 Å². The van der Waals surface area contributed by atoms with Crippen LogP contribution in [0.4, 0.5) is 5.69 Å². The van der Waals surface area contributed by atoms with E-state index in [1.165, 1.54) is 0 Å². The number of amides is 1. The fourth-order valence-electron chi connectivity index (χ4n) is 2.20. The van der Waals surface area contributed by atoms with E-state index in [1.54, 1.807) is 42.5 Å². The summed E-state index contributed by atoms with van der Waals surface area (Å²) in [6.07, 6.45) is 0. The Balaban J connectivity index is 1.85. The van der Waals surface area contributed by atoms with Crippen molar-refractivity contribution in [1.82, 2.24) is 0 Å². The van der Waals surface area contributed by atoms with Gasteiger partial charge in [0.05, 0.1) is 24.5 Å². The number of carbonyl (C=O) groups excluding carboxylic acids is 2. The molecule has 0 aliphatic rings. The summed E-state index contributed by atoms with van der Waals surface area (Å²) in [6, 6.07) is 13.7. The Morgan fingerprint density at radius 1 is 1.00 bits per heavy atom. The van der Waals surface area contributed by atoms with Crippen molar-refractivity contribution in [2.45, 2.75) is 20.8 Å². The Kier molecular flexibility index (Phi) is 7.67. The van der Waals surface area contributed by atoms with Crippen molar-refractivity contribution in [3.63, 3.8) is 0 Å². The van der Waals surface area contributed by atoms with Gasteiger partial charge in [0.2, 0.25) is 0 Å². The van der Waals surface area contributed by atoms with E-state index in [1.807, 2.05) is 13.0 Å². The summed E-state index contributed by atoms with van der Waals surface area (Å²) in [4.78, 5) is 24.1. The maximum atomic E-state index is 12.1. The number of ether oxygens (including phenoxy) is 3. The summed E-state index contributed by atoms with van der Waals surface area (Å²) in [5, 5.41) is 2.68. The molecule has 2 aromatic carbocycles. The van der Waals surface area contributed by atoms with Gasteiger partial charge in [-0.1, -0.05) is 26.0 Å². The molecular weight excluding hydrogens is 346 g/mol. The number of esters is 1. The predicted octanol–water partition coefficient (Wildman–Crippen LogP) is 3.92. The van der Waals surface area contributed by atoms with Gasteiger partial charge in [0, 0.05) is 0 Å². The third-order valence-corrected chi connectivity index (χ3v) is 3.47. The zero-order chi connectivity index (χ0) is 19.6. The monoisotopic (exact) mass is 371 g/mol. The number of para-hydroxylation sites is 2. The van der Waals surface area contributed by atoms with Crippen LogP contribution in [0, 0.1) is 5.92 Å². The van der Waals surface area contributed by atoms with Crippen LogP contribution < -0.4 is 14.8 Å². The SMILES string of the molecule is CCOc1ccccc1NC(=O)COC(=O)c1ccc(OCC(C)C)cc1. The third-order valence-electron chi connectivity index (χ3n) is 3.47. The molecule has 0 heterocycles. The lowest BCUT2D eigenvalue weighted by atomic mass is 10.2. The Morgan fingerprint density at radius 2 is 1.70 bits per heavy atom. The Morgan fingerprint density at radius 3 is 2.37 bits per heavy atom. The van der Waals surface area contributed by atoms with Gasteiger partial charge in [-0.25, -0.2) is 4.79 Å². The molecule has 2 rings (SSSR count). The van der Waals surface area contributed by atoms with Crippen molar-refractivity contribution in [3.05, 3.63) is 54.1 Å². The molecule has 27 heavy (non-hydrogen) atoms. The Labute approximate surface area is 159 Å². The first kappa shape index (κ1) is 20.3. The van der Waals surface area contributed by atoms with Crippen molar-refractivity contribution in [2.24, 2.45) is 5.92 Å². The molecule has 1 N–H and O–H groups in total. The van der Waals surface area contributed by atoms with Gasteiger partial charge >= 0.3 is 5.97 Å². The van der Waals surface area contributed by atoms with E-state index >= 15 is 0 Å². The molecule has 0 unspecified atom stereocenters. The maximum absolute atomic E-state index is 12.1. The number of rotatable bonds is 9. The molecule has 6 nitrogen and oxygen atoms in total. The highest BCUT2D eigenvalue weighted by molar-refractivity contribution is 5.96. The van der Waals surface area contributed by atoms with E-state index in [9.17, 15) is 9.59 Å². The molecule has 0 saturated carbocycles. The van der Waals surface area contributed by atoms with E-state index < -0.39 is 11.9 Å². The fourth-order valence-corrected chi connectivity index (χ4v) is 2.20. The van der Waals surface area contributed by atoms with Crippen LogP contribution in [0.2, 0.25) is 0 Å². The lowest BCUT2D eigenvalue weighted by Crippen LogP contribution is -2.21. The van der Waals surface area contributed by atoms with E-state index in [2.05, 4.69) is 19.2 Å². The van der Waals surface area contributed by atoms with Gasteiger partial charge in [-0.05, 0) is 49.2 Å². The smallest absolute Gasteiger partial charge is 0.338 e. The standard InChI is InChI=1S/C21H25NO5/c1-4-25-19-8-6-5-7-18(19)22-20(23)14-27-21(24)16-9-11-17(12-10-16)26-13-15(2)3/h5-12,15H,4,13-14H2,1-3H3,(H,22,23). The summed E-state index contributed by atoms with van der Waals surface area (Å²) >= 11 is 0. The van der Waals surface area contributed by atoms with Crippen molar-refractivity contribution < 1.29 is 23.8 Å². The largest absolute Gasteiger partial charge is 0.493 e.